The lowest BCUT2D eigenvalue weighted by Gasteiger charge is -2.22. The number of rotatable bonds is 5. The molecular formula is C26H27FN4O3S. The maximum atomic E-state index is 15.2. The van der Waals surface area contributed by atoms with E-state index >= 15 is 4.39 Å². The number of allylic oxidation sites excluding steroid dienone is 2. The van der Waals surface area contributed by atoms with Crippen LogP contribution in [-0.4, -0.2) is 42.3 Å². The van der Waals surface area contributed by atoms with E-state index in [2.05, 4.69) is 20.3 Å². The zero-order chi connectivity index (χ0) is 24.6. The van der Waals surface area contributed by atoms with Gasteiger partial charge in [-0.15, -0.1) is 0 Å². The van der Waals surface area contributed by atoms with Crippen molar-refractivity contribution in [3.05, 3.63) is 70.2 Å². The normalized spacial score (nSPS) is 19.3. The lowest BCUT2D eigenvalue weighted by molar-refractivity contribution is 0.406. The molecule has 0 saturated carbocycles. The third-order valence-corrected chi connectivity index (χ3v) is 8.10. The fourth-order valence-corrected chi connectivity index (χ4v) is 6.10. The van der Waals surface area contributed by atoms with E-state index in [1.54, 1.807) is 12.1 Å². The molecule has 5 rings (SSSR count). The van der Waals surface area contributed by atoms with Gasteiger partial charge in [0, 0.05) is 17.5 Å². The van der Waals surface area contributed by atoms with E-state index in [0.29, 0.717) is 42.3 Å². The molecule has 7 nitrogen and oxygen atoms in total. The number of benzene rings is 1. The van der Waals surface area contributed by atoms with Crippen molar-refractivity contribution < 1.29 is 17.5 Å². The molecule has 1 aromatic heterocycles. The van der Waals surface area contributed by atoms with Crippen LogP contribution < -0.4 is 10.1 Å². The quantitative estimate of drug-likeness (QED) is 0.630. The molecule has 0 amide bonds. The van der Waals surface area contributed by atoms with Crippen molar-refractivity contribution in [3.63, 3.8) is 0 Å². The Balaban J connectivity index is 1.46. The van der Waals surface area contributed by atoms with Crippen LogP contribution in [0.5, 0.6) is 11.8 Å². The molecule has 35 heavy (non-hydrogen) atoms. The second-order valence-corrected chi connectivity index (χ2v) is 11.5. The minimum atomic E-state index is -3.02. The van der Waals surface area contributed by atoms with Gasteiger partial charge < -0.3 is 10.1 Å². The molecule has 9 heteroatoms. The van der Waals surface area contributed by atoms with Crippen LogP contribution in [0.2, 0.25) is 0 Å². The minimum Gasteiger partial charge on any atom is -0.421 e. The summed E-state index contributed by atoms with van der Waals surface area (Å²) in [6.45, 7) is 4.49. The highest BCUT2D eigenvalue weighted by molar-refractivity contribution is 7.91. The van der Waals surface area contributed by atoms with Gasteiger partial charge in [-0.2, -0.15) is 9.97 Å². The number of sulfone groups is 1. The van der Waals surface area contributed by atoms with Gasteiger partial charge in [0.1, 0.15) is 21.5 Å². The summed E-state index contributed by atoms with van der Waals surface area (Å²) >= 11 is 0. The van der Waals surface area contributed by atoms with E-state index in [-0.39, 0.29) is 29.2 Å². The van der Waals surface area contributed by atoms with Gasteiger partial charge in [0.2, 0.25) is 0 Å². The highest BCUT2D eigenvalue weighted by Crippen LogP contribution is 2.35. The number of aliphatic imine (C=N–C) groups is 1. The molecule has 0 unspecified atom stereocenters. The van der Waals surface area contributed by atoms with Crippen LogP contribution in [0, 0.1) is 5.82 Å². The van der Waals surface area contributed by atoms with E-state index in [1.807, 2.05) is 44.2 Å². The number of hydrogen-bond acceptors (Lipinski definition) is 7. The average Bonchev–Trinajstić information content (AvgIpc) is 3.42. The summed E-state index contributed by atoms with van der Waals surface area (Å²) in [5.41, 5.74) is 4.29. The third-order valence-electron chi connectivity index (χ3n) is 6.39. The molecular weight excluding hydrogens is 467 g/mol. The molecule has 1 fully saturated rings. The standard InChI is InChI=1S/C26H27FN4O3S/c1-3-4-17-13-23(28-15-17)30-24-14-21(18-7-9-35(32,33)10-8-18)29-26(31-24)34-22-6-5-19-11-16(2)12-20(19)25(22)27/h3-6,12-14,18H,7-11,15H2,1-2H3,(H,28,29,30,31)/b4-3+. The molecule has 2 aliphatic heterocycles. The Morgan fingerprint density at radius 2 is 1.97 bits per heavy atom. The van der Waals surface area contributed by atoms with Gasteiger partial charge in [-0.1, -0.05) is 29.9 Å². The molecule has 0 atom stereocenters. The van der Waals surface area contributed by atoms with Gasteiger partial charge in [0.25, 0.3) is 0 Å². The van der Waals surface area contributed by atoms with Crippen molar-refractivity contribution in [1.82, 2.24) is 9.97 Å². The summed E-state index contributed by atoms with van der Waals surface area (Å²) in [6.07, 6.45) is 9.39. The van der Waals surface area contributed by atoms with Crippen LogP contribution >= 0.6 is 0 Å². The first kappa shape index (κ1) is 23.4. The Morgan fingerprint density at radius 3 is 2.74 bits per heavy atom. The number of amidine groups is 1. The van der Waals surface area contributed by atoms with Gasteiger partial charge in [-0.3, -0.25) is 4.99 Å². The van der Waals surface area contributed by atoms with E-state index < -0.39 is 15.7 Å². The average molecular weight is 495 g/mol. The number of aromatic nitrogens is 2. The van der Waals surface area contributed by atoms with E-state index in [1.165, 1.54) is 0 Å². The van der Waals surface area contributed by atoms with Crippen molar-refractivity contribution in [3.8, 4) is 11.8 Å². The first-order valence-electron chi connectivity index (χ1n) is 11.7. The monoisotopic (exact) mass is 494 g/mol. The molecule has 1 saturated heterocycles. The molecule has 2 aromatic rings. The number of nitrogens with one attached hydrogen (secondary N) is 1. The van der Waals surface area contributed by atoms with Crippen molar-refractivity contribution in [1.29, 1.82) is 0 Å². The fraction of sp³-hybridized carbons (Fsp3) is 0.346. The maximum Gasteiger partial charge on any atom is 0.324 e. The van der Waals surface area contributed by atoms with E-state index in [9.17, 15) is 8.42 Å². The molecule has 1 N–H and O–H groups in total. The summed E-state index contributed by atoms with van der Waals surface area (Å²) in [5.74, 6) is 0.918. The summed E-state index contributed by atoms with van der Waals surface area (Å²) < 4.78 is 44.9. The largest absolute Gasteiger partial charge is 0.421 e. The van der Waals surface area contributed by atoms with Gasteiger partial charge in [-0.25, -0.2) is 12.8 Å². The van der Waals surface area contributed by atoms with Crippen LogP contribution in [0.3, 0.4) is 0 Å². The first-order chi connectivity index (χ1) is 16.8. The minimum absolute atomic E-state index is 0.00670. The highest BCUT2D eigenvalue weighted by Gasteiger charge is 2.27. The van der Waals surface area contributed by atoms with Crippen LogP contribution in [0.4, 0.5) is 10.2 Å². The topological polar surface area (TPSA) is 93.5 Å². The summed E-state index contributed by atoms with van der Waals surface area (Å²) in [5, 5.41) is 3.20. The smallest absolute Gasteiger partial charge is 0.324 e. The number of ether oxygens (including phenoxy) is 1. The highest BCUT2D eigenvalue weighted by atomic mass is 32.2. The summed E-state index contributed by atoms with van der Waals surface area (Å²) in [6, 6.07) is 5.26. The Labute approximate surface area is 204 Å². The number of hydrogen-bond donors (Lipinski definition) is 1. The Bertz CT molecular complexity index is 1400. The van der Waals surface area contributed by atoms with Crippen molar-refractivity contribution in [2.75, 3.05) is 23.4 Å². The molecule has 0 radical (unpaired) electrons. The van der Waals surface area contributed by atoms with Crippen molar-refractivity contribution in [2.24, 2.45) is 4.99 Å². The third kappa shape index (κ3) is 5.19. The van der Waals surface area contributed by atoms with Crippen LogP contribution in [-0.2, 0) is 16.3 Å². The Kier molecular flexibility index (Phi) is 6.27. The zero-order valence-corrected chi connectivity index (χ0v) is 20.5. The van der Waals surface area contributed by atoms with Crippen LogP contribution in [0.15, 0.2) is 52.6 Å². The molecule has 0 spiro atoms. The van der Waals surface area contributed by atoms with Crippen molar-refractivity contribution >= 4 is 27.6 Å². The fourth-order valence-electron chi connectivity index (χ4n) is 4.61. The summed E-state index contributed by atoms with van der Waals surface area (Å²) in [7, 11) is -3.02. The number of fused-ring (bicyclic) bond motifs is 1. The van der Waals surface area contributed by atoms with Crippen molar-refractivity contribution in [2.45, 2.75) is 39.0 Å². The summed E-state index contributed by atoms with van der Waals surface area (Å²) in [4.78, 5) is 13.5. The van der Waals surface area contributed by atoms with Crippen LogP contribution in [0.25, 0.3) is 6.08 Å². The molecule has 0 bridgehead atoms. The van der Waals surface area contributed by atoms with Gasteiger partial charge in [-0.05, 0) is 56.4 Å². The van der Waals surface area contributed by atoms with Crippen LogP contribution in [0.1, 0.15) is 49.4 Å². The van der Waals surface area contributed by atoms with Gasteiger partial charge in [0.05, 0.1) is 23.7 Å². The molecule has 1 aromatic carbocycles. The van der Waals surface area contributed by atoms with E-state index in [4.69, 9.17) is 4.74 Å². The van der Waals surface area contributed by atoms with E-state index in [0.717, 1.165) is 23.1 Å². The number of halogens is 1. The number of nitrogens with zero attached hydrogens (tertiary/aromatic N) is 3. The second kappa shape index (κ2) is 9.37. The Hall–Kier alpha value is -3.33. The lowest BCUT2D eigenvalue weighted by atomic mass is 9.98. The predicted octanol–water partition coefficient (Wildman–Crippen LogP) is 4.99. The Morgan fingerprint density at radius 1 is 1.17 bits per heavy atom. The van der Waals surface area contributed by atoms with Gasteiger partial charge >= 0.3 is 6.01 Å². The molecule has 182 valence electrons. The predicted molar refractivity (Wildman–Crippen MR) is 135 cm³/mol. The second-order valence-electron chi connectivity index (χ2n) is 9.15. The lowest BCUT2D eigenvalue weighted by Crippen LogP contribution is -2.23. The zero-order valence-electron chi connectivity index (χ0n) is 19.7. The first-order valence-corrected chi connectivity index (χ1v) is 13.5. The van der Waals surface area contributed by atoms with Gasteiger partial charge in [0.15, 0.2) is 11.6 Å². The number of anilines is 1. The molecule has 3 heterocycles. The molecule has 1 aliphatic carbocycles. The SMILES string of the molecule is C/C=C/C1=CC(Nc2cc(C3CCS(=O)(=O)CC3)nc(Oc3ccc4c(c3F)C=C(C)C4)n2)=NC1. The maximum absolute atomic E-state index is 15.2. The molecule has 3 aliphatic rings.